The number of anilines is 5. The molecule has 1 aliphatic carbocycles. The number of hydrogen-bond acceptors (Lipinski definition) is 4. The van der Waals surface area contributed by atoms with E-state index in [0.29, 0.717) is 0 Å². The van der Waals surface area contributed by atoms with E-state index in [0.717, 1.165) is 29.0 Å². The van der Waals surface area contributed by atoms with Crippen LogP contribution in [0.25, 0.3) is 33.4 Å². The number of hydrogen-bond donors (Lipinski definition) is 2. The summed E-state index contributed by atoms with van der Waals surface area (Å²) in [7, 11) is 0. The number of nitrogens with zero attached hydrogens (tertiary/aromatic N) is 2. The summed E-state index contributed by atoms with van der Waals surface area (Å²) in [6, 6.07) is 63.2. The molecule has 1 fully saturated rings. The molecule has 0 saturated carbocycles. The van der Waals surface area contributed by atoms with Crippen LogP contribution < -0.4 is 20.9 Å². The Hall–Kier alpha value is -6.78. The summed E-state index contributed by atoms with van der Waals surface area (Å²) in [5.74, 6) is 0. The third-order valence-corrected chi connectivity index (χ3v) is 11.3. The maximum atomic E-state index is 6.58. The molecule has 54 heavy (non-hydrogen) atoms. The number of nitrogens with two attached hydrogens (primary N) is 1. The highest BCUT2D eigenvalue weighted by atomic mass is 15.5. The van der Waals surface area contributed by atoms with E-state index in [1.807, 2.05) is 12.1 Å². The molecular weight excluding hydrogens is 657 g/mol. The van der Waals surface area contributed by atoms with Crippen LogP contribution in [0, 0.1) is 0 Å². The molecule has 3 aliphatic rings. The largest absolute Gasteiger partial charge is 0.397 e. The Kier molecular flexibility index (Phi) is 7.69. The van der Waals surface area contributed by atoms with Crippen molar-refractivity contribution in [2.24, 2.45) is 0 Å². The van der Waals surface area contributed by atoms with E-state index in [1.54, 1.807) is 0 Å². The van der Waals surface area contributed by atoms with Gasteiger partial charge in [0.05, 0.1) is 23.0 Å². The van der Waals surface area contributed by atoms with Crippen LogP contribution in [0.5, 0.6) is 0 Å². The highest BCUT2D eigenvalue weighted by Gasteiger charge is 2.50. The van der Waals surface area contributed by atoms with E-state index in [1.165, 1.54) is 50.3 Å². The molecule has 10 rings (SSSR count). The monoisotopic (exact) mass is 696 g/mol. The van der Waals surface area contributed by atoms with E-state index in [2.05, 4.69) is 203 Å². The SMILES string of the molecule is Nc1ccccc1N1C(c2ccccc2)[C@H]1Nc1ccc(-c2ccc3c(c2)C2(C=CC=CC2)N3c2ccccc2)cc1-c1cccc(-c2ccccc2)c1. The number of nitrogen functional groups attached to an aromatic ring is 1. The first-order valence-electron chi connectivity index (χ1n) is 18.8. The van der Waals surface area contributed by atoms with E-state index in [-0.39, 0.29) is 17.7 Å². The molecule has 2 heterocycles. The van der Waals surface area contributed by atoms with Gasteiger partial charge in [0.2, 0.25) is 0 Å². The summed E-state index contributed by atoms with van der Waals surface area (Å²) in [6.07, 6.45) is 9.97. The molecule has 4 nitrogen and oxygen atoms in total. The molecule has 0 bridgehead atoms. The molecule has 4 heteroatoms. The number of para-hydroxylation sites is 3. The van der Waals surface area contributed by atoms with Gasteiger partial charge in [-0.15, -0.1) is 0 Å². The lowest BCUT2D eigenvalue weighted by Gasteiger charge is -2.54. The molecule has 7 aromatic rings. The van der Waals surface area contributed by atoms with Crippen molar-refractivity contribution in [2.45, 2.75) is 24.2 Å². The quantitative estimate of drug-likeness (QED) is 0.123. The van der Waals surface area contributed by atoms with E-state index in [4.69, 9.17) is 5.73 Å². The smallest absolute Gasteiger partial charge is 0.125 e. The molecule has 3 atom stereocenters. The molecule has 2 aliphatic heterocycles. The number of fused-ring (bicyclic) bond motifs is 2. The van der Waals surface area contributed by atoms with Gasteiger partial charge in [-0.25, -0.2) is 0 Å². The number of allylic oxidation sites excluding steroid dienone is 2. The van der Waals surface area contributed by atoms with E-state index in [9.17, 15) is 0 Å². The maximum absolute atomic E-state index is 6.58. The summed E-state index contributed by atoms with van der Waals surface area (Å²) in [5.41, 5.74) is 21.5. The lowest BCUT2D eigenvalue weighted by atomic mass is 9.73. The van der Waals surface area contributed by atoms with Gasteiger partial charge in [-0.2, -0.15) is 0 Å². The van der Waals surface area contributed by atoms with Gasteiger partial charge in [-0.3, -0.25) is 0 Å². The average molecular weight is 697 g/mol. The normalized spacial score (nSPS) is 19.3. The number of rotatable bonds is 8. The molecular formula is C50H40N4. The number of nitrogens with one attached hydrogen (secondary N) is 1. The third-order valence-electron chi connectivity index (χ3n) is 11.3. The zero-order chi connectivity index (χ0) is 36.1. The second-order valence-corrected chi connectivity index (χ2v) is 14.4. The summed E-state index contributed by atoms with van der Waals surface area (Å²) < 4.78 is 0. The second kappa shape index (κ2) is 13.0. The van der Waals surface area contributed by atoms with Crippen LogP contribution in [0.4, 0.5) is 28.4 Å². The Morgan fingerprint density at radius 3 is 2.00 bits per heavy atom. The van der Waals surface area contributed by atoms with Crippen LogP contribution >= 0.6 is 0 Å². The molecule has 3 N–H and O–H groups in total. The Morgan fingerprint density at radius 1 is 0.556 bits per heavy atom. The van der Waals surface area contributed by atoms with Crippen molar-refractivity contribution in [3.63, 3.8) is 0 Å². The van der Waals surface area contributed by atoms with Gasteiger partial charge in [-0.05, 0) is 94.4 Å². The number of benzene rings is 7. The second-order valence-electron chi connectivity index (χ2n) is 14.4. The minimum absolute atomic E-state index is 0.0328. The first kappa shape index (κ1) is 31.9. The van der Waals surface area contributed by atoms with Crippen LogP contribution in [0.15, 0.2) is 200 Å². The summed E-state index contributed by atoms with van der Waals surface area (Å²) >= 11 is 0. The Labute approximate surface area is 317 Å². The molecule has 1 spiro atoms. The lowest BCUT2D eigenvalue weighted by Crippen LogP contribution is -2.51. The summed E-state index contributed by atoms with van der Waals surface area (Å²) in [4.78, 5) is 4.88. The van der Waals surface area contributed by atoms with Crippen molar-refractivity contribution in [2.75, 3.05) is 20.9 Å². The summed E-state index contributed by atoms with van der Waals surface area (Å²) in [5, 5.41) is 3.99. The third kappa shape index (κ3) is 5.38. The first-order chi connectivity index (χ1) is 26.7. The zero-order valence-electron chi connectivity index (χ0n) is 29.9. The Balaban J connectivity index is 1.07. The van der Waals surface area contributed by atoms with Crippen molar-refractivity contribution in [1.29, 1.82) is 0 Å². The zero-order valence-corrected chi connectivity index (χ0v) is 29.9. The minimum atomic E-state index is -0.197. The van der Waals surface area contributed by atoms with Gasteiger partial charge in [0.1, 0.15) is 6.17 Å². The van der Waals surface area contributed by atoms with Gasteiger partial charge in [-0.1, -0.05) is 146 Å². The van der Waals surface area contributed by atoms with Gasteiger partial charge < -0.3 is 20.9 Å². The Bertz CT molecular complexity index is 2540. The minimum Gasteiger partial charge on any atom is -0.397 e. The van der Waals surface area contributed by atoms with E-state index >= 15 is 0 Å². The van der Waals surface area contributed by atoms with Gasteiger partial charge in [0, 0.05) is 28.2 Å². The fraction of sp³-hybridized carbons (Fsp3) is 0.0800. The first-order valence-corrected chi connectivity index (χ1v) is 18.8. The molecule has 0 amide bonds. The average Bonchev–Trinajstić information content (AvgIpc) is 3.95. The van der Waals surface area contributed by atoms with Crippen LogP contribution in [0.2, 0.25) is 0 Å². The van der Waals surface area contributed by atoms with Gasteiger partial charge in [0.25, 0.3) is 0 Å². The van der Waals surface area contributed by atoms with Gasteiger partial charge in [0.15, 0.2) is 0 Å². The standard InChI is InChI=1S/C50H40N4/c51-44-24-11-12-25-47(44)53-48(36-18-7-2-8-19-36)49(53)52-45-28-26-38(33-42(45)40-21-15-20-37(32-40)35-16-5-1-6-17-35)39-27-29-46-43(34-39)50(30-13-4-14-31-50)54(46)41-22-9-3-10-23-41/h1-30,32-34,48-49,52H,31,51H2/t48?,49-,50?,53?/m0/s1. The molecule has 2 unspecified atom stereocenters. The summed E-state index contributed by atoms with van der Waals surface area (Å²) in [6.45, 7) is 0. The van der Waals surface area contributed by atoms with Crippen LogP contribution in [-0.2, 0) is 5.54 Å². The highest BCUT2D eigenvalue weighted by Crippen LogP contribution is 2.57. The fourth-order valence-electron chi connectivity index (χ4n) is 8.60. The molecule has 0 radical (unpaired) electrons. The predicted molar refractivity (Wildman–Crippen MR) is 226 cm³/mol. The van der Waals surface area contributed by atoms with Crippen molar-refractivity contribution in [3.8, 4) is 33.4 Å². The molecule has 1 saturated heterocycles. The lowest BCUT2D eigenvalue weighted by molar-refractivity contribution is 0.497. The van der Waals surface area contributed by atoms with Crippen LogP contribution in [0.1, 0.15) is 23.6 Å². The Morgan fingerprint density at radius 2 is 1.22 bits per heavy atom. The topological polar surface area (TPSA) is 44.3 Å². The molecule has 7 aromatic carbocycles. The van der Waals surface area contributed by atoms with Crippen molar-refractivity contribution < 1.29 is 0 Å². The van der Waals surface area contributed by atoms with Gasteiger partial charge >= 0.3 is 0 Å². The highest BCUT2D eigenvalue weighted by molar-refractivity contribution is 5.89. The molecule has 260 valence electrons. The van der Waals surface area contributed by atoms with Crippen molar-refractivity contribution >= 4 is 28.4 Å². The maximum Gasteiger partial charge on any atom is 0.125 e. The molecule has 0 aromatic heterocycles. The van der Waals surface area contributed by atoms with Crippen LogP contribution in [0.3, 0.4) is 0 Å². The fourth-order valence-corrected chi connectivity index (χ4v) is 8.60. The van der Waals surface area contributed by atoms with E-state index < -0.39 is 0 Å². The van der Waals surface area contributed by atoms with Crippen molar-refractivity contribution in [1.82, 2.24) is 0 Å². The van der Waals surface area contributed by atoms with Crippen LogP contribution in [-0.4, -0.2) is 6.17 Å². The van der Waals surface area contributed by atoms with Crippen molar-refractivity contribution in [3.05, 3.63) is 211 Å². The predicted octanol–water partition coefficient (Wildman–Crippen LogP) is 12.1.